The van der Waals surface area contributed by atoms with Gasteiger partial charge in [0.2, 0.25) is 0 Å². The van der Waals surface area contributed by atoms with Crippen LogP contribution in [0.15, 0.2) is 121 Å². The Labute approximate surface area is 271 Å². The van der Waals surface area contributed by atoms with E-state index < -0.39 is 52.3 Å². The first kappa shape index (κ1) is 34.7. The first-order valence-electron chi connectivity index (χ1n) is 14.9. The third kappa shape index (κ3) is 8.85. The summed E-state index contributed by atoms with van der Waals surface area (Å²) >= 11 is 0. The summed E-state index contributed by atoms with van der Waals surface area (Å²) in [6.07, 6.45) is -6.46. The summed E-state index contributed by atoms with van der Waals surface area (Å²) in [6.45, 7) is -1.02. The quantitative estimate of drug-likeness (QED) is 0.122. The highest BCUT2D eigenvalue weighted by Gasteiger charge is 2.66. The van der Waals surface area contributed by atoms with Crippen LogP contribution in [0.2, 0.25) is 0 Å². The fourth-order valence-electron chi connectivity index (χ4n) is 5.37. The molecule has 8 nitrogen and oxygen atoms in total. The molecule has 1 N–H and O–H groups in total. The monoisotopic (exact) mass is 672 g/mol. The van der Waals surface area contributed by atoms with Crippen molar-refractivity contribution < 1.29 is 49.8 Å². The largest absolute Gasteiger partial charge is 0.523 e. The molecule has 0 saturated heterocycles. The van der Waals surface area contributed by atoms with Gasteiger partial charge in [-0.2, -0.15) is 21.6 Å². The highest BCUT2D eigenvalue weighted by molar-refractivity contribution is 7.87. The lowest BCUT2D eigenvalue weighted by Gasteiger charge is -2.35. The number of hydrogen-bond donors (Lipinski definition) is 1. The van der Waals surface area contributed by atoms with Crippen molar-refractivity contribution in [3.05, 3.63) is 144 Å². The van der Waals surface area contributed by atoms with Gasteiger partial charge in [0.1, 0.15) is 30.0 Å². The van der Waals surface area contributed by atoms with E-state index in [0.29, 0.717) is 22.3 Å². The van der Waals surface area contributed by atoms with Gasteiger partial charge in [0.25, 0.3) is 0 Å². The van der Waals surface area contributed by atoms with Gasteiger partial charge in [-0.3, -0.25) is 4.18 Å². The Bertz CT molecular complexity index is 1630. The molecular formula is C35H35F3O8S. The van der Waals surface area contributed by atoms with Crippen LogP contribution >= 0.6 is 0 Å². The second kappa shape index (κ2) is 15.5. The molecule has 0 bridgehead atoms. The Morgan fingerprint density at radius 1 is 0.574 bits per heavy atom. The first-order chi connectivity index (χ1) is 22.6. The fourth-order valence-corrected chi connectivity index (χ4v) is 6.03. The molecule has 1 aliphatic rings. The molecule has 12 heteroatoms. The lowest BCUT2D eigenvalue weighted by atomic mass is 9.98. The molecule has 250 valence electrons. The van der Waals surface area contributed by atoms with Crippen molar-refractivity contribution in [1.82, 2.24) is 0 Å². The summed E-state index contributed by atoms with van der Waals surface area (Å²) < 4.78 is 95.8. The van der Waals surface area contributed by atoms with Crippen molar-refractivity contribution in [2.45, 2.75) is 62.0 Å². The molecule has 0 aliphatic heterocycles. The molecule has 47 heavy (non-hydrogen) atoms. The van der Waals surface area contributed by atoms with Gasteiger partial charge >= 0.3 is 15.6 Å². The van der Waals surface area contributed by atoms with Crippen LogP contribution < -0.4 is 0 Å². The van der Waals surface area contributed by atoms with E-state index in [1.54, 1.807) is 115 Å². The minimum absolute atomic E-state index is 0.0433. The van der Waals surface area contributed by atoms with Crippen LogP contribution in [0.3, 0.4) is 0 Å². The Morgan fingerprint density at radius 3 is 1.34 bits per heavy atom. The number of benzene rings is 4. The molecule has 0 spiro atoms. The highest BCUT2D eigenvalue weighted by Crippen LogP contribution is 2.43. The molecule has 4 aromatic rings. The van der Waals surface area contributed by atoms with Crippen LogP contribution in [0.4, 0.5) is 13.2 Å². The van der Waals surface area contributed by atoms with Crippen molar-refractivity contribution >= 4 is 10.1 Å². The maximum atomic E-state index is 13.8. The fraction of sp³-hybridized carbons (Fsp3) is 0.314. The number of aliphatic hydroxyl groups is 1. The van der Waals surface area contributed by atoms with E-state index in [4.69, 9.17) is 23.1 Å². The number of rotatable bonds is 15. The standard InChI is InChI=1S/C35H35F3O8S/c36-35(37,38)47(40,41)46-33-31(44-23-28-17-9-3-10-18-28)30(43-22-27-15-7-2-8-16-27)32(45-24-29-19-11-4-12-20-29)34(33,39)25-42-21-26-13-5-1-6-14-26/h1-20,30-33,39H,21-25H2/t30-,31-,32+,33+,34-/m1/s1. The molecule has 5 rings (SSSR count). The van der Waals surface area contributed by atoms with Crippen LogP contribution in [-0.4, -0.2) is 55.7 Å². The van der Waals surface area contributed by atoms with E-state index in [1.807, 2.05) is 6.07 Å². The van der Waals surface area contributed by atoms with Gasteiger partial charge in [0.05, 0.1) is 33.0 Å². The molecule has 0 amide bonds. The zero-order valence-corrected chi connectivity index (χ0v) is 26.1. The SMILES string of the molecule is O=S(=O)(O[C@H]1[C@H](OCc2ccccc2)[C@@H](OCc2ccccc2)[C@H](OCc2ccccc2)[C@]1(O)COCc1ccccc1)C(F)(F)F. The molecular weight excluding hydrogens is 637 g/mol. The lowest BCUT2D eigenvalue weighted by Crippen LogP contribution is -2.55. The van der Waals surface area contributed by atoms with Crippen molar-refractivity contribution in [2.75, 3.05) is 6.61 Å². The predicted octanol–water partition coefficient (Wildman–Crippen LogP) is 5.94. The van der Waals surface area contributed by atoms with E-state index in [9.17, 15) is 26.7 Å². The zero-order chi connectivity index (χ0) is 33.3. The summed E-state index contributed by atoms with van der Waals surface area (Å²) in [4.78, 5) is 0. The lowest BCUT2D eigenvalue weighted by molar-refractivity contribution is -0.186. The maximum absolute atomic E-state index is 13.8. The second-order valence-electron chi connectivity index (χ2n) is 11.1. The van der Waals surface area contributed by atoms with Gasteiger partial charge < -0.3 is 24.1 Å². The van der Waals surface area contributed by atoms with Crippen LogP contribution in [0.5, 0.6) is 0 Å². The molecule has 1 saturated carbocycles. The summed E-state index contributed by atoms with van der Waals surface area (Å²) in [5.74, 6) is 0. The van der Waals surface area contributed by atoms with E-state index in [2.05, 4.69) is 0 Å². The van der Waals surface area contributed by atoms with Gasteiger partial charge in [0.15, 0.2) is 0 Å². The molecule has 0 heterocycles. The Balaban J connectivity index is 1.55. The number of ether oxygens (including phenoxy) is 4. The summed E-state index contributed by atoms with van der Waals surface area (Å²) in [5.41, 5.74) is -5.52. The zero-order valence-electron chi connectivity index (χ0n) is 25.2. The number of halogens is 3. The molecule has 4 aromatic carbocycles. The third-order valence-corrected chi connectivity index (χ3v) is 8.74. The van der Waals surface area contributed by atoms with Gasteiger partial charge in [-0.05, 0) is 22.3 Å². The van der Waals surface area contributed by atoms with Crippen molar-refractivity contribution in [2.24, 2.45) is 0 Å². The Hall–Kier alpha value is -3.62. The number of hydrogen-bond acceptors (Lipinski definition) is 8. The predicted molar refractivity (Wildman–Crippen MR) is 166 cm³/mol. The summed E-state index contributed by atoms with van der Waals surface area (Å²) in [7, 11) is -6.23. The second-order valence-corrected chi connectivity index (χ2v) is 12.7. The van der Waals surface area contributed by atoms with Crippen molar-refractivity contribution in [1.29, 1.82) is 0 Å². The van der Waals surface area contributed by atoms with Gasteiger partial charge in [-0.1, -0.05) is 121 Å². The minimum atomic E-state index is -6.23. The average molecular weight is 673 g/mol. The van der Waals surface area contributed by atoms with Gasteiger partial charge in [0, 0.05) is 0 Å². The smallest absolute Gasteiger partial charge is 0.382 e. The normalized spacial score (nSPS) is 23.1. The molecule has 1 aliphatic carbocycles. The molecule has 1 fully saturated rings. The van der Waals surface area contributed by atoms with E-state index in [1.165, 1.54) is 0 Å². The van der Waals surface area contributed by atoms with Crippen LogP contribution in [0.1, 0.15) is 22.3 Å². The molecule has 0 aromatic heterocycles. The van der Waals surface area contributed by atoms with Crippen LogP contribution in [0, 0.1) is 0 Å². The van der Waals surface area contributed by atoms with Gasteiger partial charge in [-0.15, -0.1) is 0 Å². The molecule has 0 radical (unpaired) electrons. The maximum Gasteiger partial charge on any atom is 0.523 e. The van der Waals surface area contributed by atoms with Crippen LogP contribution in [-0.2, 0) is 59.7 Å². The van der Waals surface area contributed by atoms with E-state index >= 15 is 0 Å². The van der Waals surface area contributed by atoms with Gasteiger partial charge in [-0.25, -0.2) is 0 Å². The average Bonchev–Trinajstić information content (AvgIpc) is 3.28. The highest BCUT2D eigenvalue weighted by atomic mass is 32.2. The van der Waals surface area contributed by atoms with Crippen LogP contribution in [0.25, 0.3) is 0 Å². The molecule has 0 unspecified atom stereocenters. The van der Waals surface area contributed by atoms with Crippen molar-refractivity contribution in [3.8, 4) is 0 Å². The first-order valence-corrected chi connectivity index (χ1v) is 16.3. The Morgan fingerprint density at radius 2 is 0.936 bits per heavy atom. The third-order valence-electron chi connectivity index (χ3n) is 7.71. The summed E-state index contributed by atoms with van der Waals surface area (Å²) in [5, 5.41) is 12.4. The van der Waals surface area contributed by atoms with E-state index in [-0.39, 0.29) is 26.4 Å². The topological polar surface area (TPSA) is 101 Å². The summed E-state index contributed by atoms with van der Waals surface area (Å²) in [6, 6.07) is 35.5. The molecule has 5 atom stereocenters. The van der Waals surface area contributed by atoms with Crippen molar-refractivity contribution in [3.63, 3.8) is 0 Å². The number of alkyl halides is 3. The minimum Gasteiger partial charge on any atom is -0.382 e. The Kier molecular flexibility index (Phi) is 11.5. The van der Waals surface area contributed by atoms with E-state index in [0.717, 1.165) is 0 Å².